The van der Waals surface area contributed by atoms with Crippen LogP contribution in [0.3, 0.4) is 0 Å². The first kappa shape index (κ1) is 20.2. The van der Waals surface area contributed by atoms with Gasteiger partial charge < -0.3 is 4.74 Å². The number of ether oxygens (including phenoxy) is 1. The van der Waals surface area contributed by atoms with Crippen LogP contribution in [0, 0.1) is 0 Å². The second kappa shape index (κ2) is 9.16. The lowest BCUT2D eigenvalue weighted by molar-refractivity contribution is -0.133. The molecule has 2 heterocycles. The maximum Gasteiger partial charge on any atom is 0.277 e. The molecule has 1 aromatic heterocycles. The number of aryl methyl sites for hydroxylation is 1. The molecule has 32 heavy (non-hydrogen) atoms. The summed E-state index contributed by atoms with van der Waals surface area (Å²) in [5.74, 6) is 1.24. The van der Waals surface area contributed by atoms with E-state index < -0.39 is 0 Å². The molecule has 0 unspecified atom stereocenters. The molecule has 160 valence electrons. The van der Waals surface area contributed by atoms with Gasteiger partial charge in [-0.05, 0) is 48.2 Å². The fraction of sp³-hybridized carbons (Fsp3) is 0.192. The van der Waals surface area contributed by atoms with Crippen LogP contribution in [0.2, 0.25) is 0 Å². The van der Waals surface area contributed by atoms with Gasteiger partial charge in [-0.2, -0.15) is 0 Å². The summed E-state index contributed by atoms with van der Waals surface area (Å²) in [5.41, 5.74) is 3.62. The molecule has 0 radical (unpaired) electrons. The Kier molecular flexibility index (Phi) is 5.77. The Hall–Kier alpha value is -3.77. The smallest absolute Gasteiger partial charge is 0.277 e. The molecule has 6 heteroatoms. The van der Waals surface area contributed by atoms with Gasteiger partial charge in [0.1, 0.15) is 19.0 Å². The van der Waals surface area contributed by atoms with E-state index in [0.717, 1.165) is 40.4 Å². The van der Waals surface area contributed by atoms with Gasteiger partial charge in [0.05, 0.1) is 5.52 Å². The van der Waals surface area contributed by atoms with Gasteiger partial charge in [0.2, 0.25) is 0 Å². The highest BCUT2D eigenvalue weighted by molar-refractivity contribution is 5.95. The lowest BCUT2D eigenvalue weighted by atomic mass is 10.0. The topological polar surface area (TPSA) is 64.6 Å². The van der Waals surface area contributed by atoms with Crippen molar-refractivity contribution in [3.63, 3.8) is 0 Å². The van der Waals surface area contributed by atoms with E-state index in [-0.39, 0.29) is 19.1 Å². The Balaban J connectivity index is 1.22. The summed E-state index contributed by atoms with van der Waals surface area (Å²) in [6.07, 6.45) is 3.56. The number of rotatable bonds is 6. The first-order chi connectivity index (χ1) is 15.8. The molecule has 5 rings (SSSR count). The number of hydrogen-bond donors (Lipinski definition) is 0. The van der Waals surface area contributed by atoms with Crippen molar-refractivity contribution >= 4 is 16.8 Å². The predicted molar refractivity (Wildman–Crippen MR) is 121 cm³/mol. The molecule has 0 spiro atoms. The van der Waals surface area contributed by atoms with Crippen LogP contribution in [-0.2, 0) is 24.5 Å². The van der Waals surface area contributed by atoms with Crippen LogP contribution in [0.15, 0.2) is 79.0 Å². The largest absolute Gasteiger partial charge is 0.486 e. The number of hydrogen-bond acceptors (Lipinski definition) is 5. The van der Waals surface area contributed by atoms with Crippen LogP contribution in [0.4, 0.5) is 0 Å². The maximum absolute atomic E-state index is 12.8. The van der Waals surface area contributed by atoms with Crippen LogP contribution in [0.1, 0.15) is 33.7 Å². The minimum Gasteiger partial charge on any atom is -0.486 e. The number of benzene rings is 3. The molecule has 1 amide bonds. The van der Waals surface area contributed by atoms with E-state index in [0.29, 0.717) is 18.1 Å². The summed E-state index contributed by atoms with van der Waals surface area (Å²) in [5, 5.41) is 2.48. The van der Waals surface area contributed by atoms with Crippen LogP contribution in [0.25, 0.3) is 10.9 Å². The highest BCUT2D eigenvalue weighted by Gasteiger charge is 2.22. The zero-order chi connectivity index (χ0) is 21.8. The molecular formula is C26H23N3O3. The summed E-state index contributed by atoms with van der Waals surface area (Å²) >= 11 is 0. The Morgan fingerprint density at radius 3 is 2.78 bits per heavy atom. The van der Waals surface area contributed by atoms with E-state index >= 15 is 0 Å². The molecule has 0 saturated heterocycles. The average Bonchev–Trinajstić information content (AvgIpc) is 3.00. The molecule has 0 N–H and O–H groups in total. The standard InChI is InChI=1S/C26H23N3O3/c30-26-23-12-3-1-8-20(23)10-6-14-29(26)32-17-19-7-5-11-22(15-19)31-18-25-27-16-21-9-2-4-13-24(21)28-25/h1-5,7-9,11-13,15-16H,6,10,14,17-18H2. The first-order valence-corrected chi connectivity index (χ1v) is 10.7. The fourth-order valence-corrected chi connectivity index (χ4v) is 3.82. The molecule has 1 aliphatic heterocycles. The Morgan fingerprint density at radius 2 is 1.81 bits per heavy atom. The highest BCUT2D eigenvalue weighted by atomic mass is 16.7. The number of nitrogens with zero attached hydrogens (tertiary/aromatic N) is 3. The van der Waals surface area contributed by atoms with Crippen molar-refractivity contribution in [2.45, 2.75) is 26.1 Å². The lowest BCUT2D eigenvalue weighted by Gasteiger charge is -2.20. The minimum absolute atomic E-state index is 0.0843. The Labute approximate surface area is 186 Å². The van der Waals surface area contributed by atoms with Crippen LogP contribution < -0.4 is 4.74 Å². The molecule has 1 aliphatic rings. The van der Waals surface area contributed by atoms with Crippen LogP contribution in [0.5, 0.6) is 5.75 Å². The molecule has 0 aliphatic carbocycles. The molecule has 0 atom stereocenters. The summed E-state index contributed by atoms with van der Waals surface area (Å²) < 4.78 is 5.90. The Morgan fingerprint density at radius 1 is 0.938 bits per heavy atom. The van der Waals surface area contributed by atoms with E-state index in [2.05, 4.69) is 9.97 Å². The van der Waals surface area contributed by atoms with Gasteiger partial charge in [-0.1, -0.05) is 48.5 Å². The third-order valence-corrected chi connectivity index (χ3v) is 5.47. The van der Waals surface area contributed by atoms with Gasteiger partial charge in [0, 0.05) is 23.7 Å². The van der Waals surface area contributed by atoms with E-state index in [1.54, 1.807) is 0 Å². The molecular weight excluding hydrogens is 402 g/mol. The van der Waals surface area contributed by atoms with Gasteiger partial charge in [0.25, 0.3) is 5.91 Å². The van der Waals surface area contributed by atoms with Crippen molar-refractivity contribution in [1.29, 1.82) is 0 Å². The third kappa shape index (κ3) is 4.45. The van der Waals surface area contributed by atoms with Crippen molar-refractivity contribution < 1.29 is 14.4 Å². The average molecular weight is 425 g/mol. The maximum atomic E-state index is 12.8. The zero-order valence-corrected chi connectivity index (χ0v) is 17.6. The number of aromatic nitrogens is 2. The van der Waals surface area contributed by atoms with Gasteiger partial charge in [0.15, 0.2) is 5.82 Å². The van der Waals surface area contributed by atoms with E-state index in [1.807, 2.05) is 79.0 Å². The second-order valence-electron chi connectivity index (χ2n) is 7.72. The van der Waals surface area contributed by atoms with Crippen molar-refractivity contribution in [1.82, 2.24) is 15.0 Å². The first-order valence-electron chi connectivity index (χ1n) is 10.7. The van der Waals surface area contributed by atoms with Crippen molar-refractivity contribution in [3.8, 4) is 5.75 Å². The lowest BCUT2D eigenvalue weighted by Crippen LogP contribution is -2.31. The number of hydroxylamine groups is 2. The van der Waals surface area contributed by atoms with Crippen LogP contribution >= 0.6 is 0 Å². The van der Waals surface area contributed by atoms with Gasteiger partial charge in [-0.15, -0.1) is 0 Å². The monoisotopic (exact) mass is 425 g/mol. The van der Waals surface area contributed by atoms with E-state index in [4.69, 9.17) is 9.57 Å². The summed E-state index contributed by atoms with van der Waals surface area (Å²) in [7, 11) is 0. The second-order valence-corrected chi connectivity index (χ2v) is 7.72. The summed E-state index contributed by atoms with van der Waals surface area (Å²) in [6.45, 7) is 1.14. The number of amides is 1. The molecule has 0 saturated carbocycles. The molecule has 0 bridgehead atoms. The Bertz CT molecular complexity index is 1260. The van der Waals surface area contributed by atoms with Gasteiger partial charge >= 0.3 is 0 Å². The predicted octanol–water partition coefficient (Wildman–Crippen LogP) is 4.73. The molecule has 6 nitrogen and oxygen atoms in total. The van der Waals surface area contributed by atoms with E-state index in [1.165, 1.54) is 5.06 Å². The molecule has 4 aromatic rings. The van der Waals surface area contributed by atoms with Gasteiger partial charge in [-0.25, -0.2) is 15.0 Å². The minimum atomic E-state index is -0.0843. The number of carbonyl (C=O) groups is 1. The quantitative estimate of drug-likeness (QED) is 0.447. The fourth-order valence-electron chi connectivity index (χ4n) is 3.82. The van der Waals surface area contributed by atoms with E-state index in [9.17, 15) is 4.79 Å². The normalized spacial score (nSPS) is 13.6. The van der Waals surface area contributed by atoms with Gasteiger partial charge in [-0.3, -0.25) is 9.63 Å². The third-order valence-electron chi connectivity index (χ3n) is 5.47. The van der Waals surface area contributed by atoms with Crippen molar-refractivity contribution in [3.05, 3.63) is 102 Å². The number of para-hydroxylation sites is 1. The summed E-state index contributed by atoms with van der Waals surface area (Å²) in [6, 6.07) is 23.3. The molecule has 0 fully saturated rings. The van der Waals surface area contributed by atoms with Crippen LogP contribution in [-0.4, -0.2) is 27.5 Å². The molecule has 3 aromatic carbocycles. The zero-order valence-electron chi connectivity index (χ0n) is 17.6. The SMILES string of the molecule is O=C1c2ccccc2CCCN1OCc1cccc(OCc2ncc3ccccc3n2)c1. The van der Waals surface area contributed by atoms with Crippen molar-refractivity contribution in [2.24, 2.45) is 0 Å². The summed E-state index contributed by atoms with van der Waals surface area (Å²) in [4.78, 5) is 27.6. The number of carbonyl (C=O) groups excluding carboxylic acids is 1. The van der Waals surface area contributed by atoms with Crippen molar-refractivity contribution in [2.75, 3.05) is 6.54 Å². The number of fused-ring (bicyclic) bond motifs is 2. The highest BCUT2D eigenvalue weighted by Crippen LogP contribution is 2.21.